The maximum atomic E-state index is 12.1. The highest BCUT2D eigenvalue weighted by Gasteiger charge is 2.33. The largest absolute Gasteiger partial charge is 0.460 e. The number of alkyl carbamates (subject to hydrolysis) is 1. The van der Waals surface area contributed by atoms with Gasteiger partial charge in [-0.05, 0) is 40.2 Å². The van der Waals surface area contributed by atoms with Crippen LogP contribution >= 0.6 is 0 Å². The topological polar surface area (TPSA) is 64.6 Å². The van der Waals surface area contributed by atoms with Gasteiger partial charge in [-0.15, -0.1) is 0 Å². The van der Waals surface area contributed by atoms with Crippen LogP contribution in [0.3, 0.4) is 0 Å². The zero-order valence-electron chi connectivity index (χ0n) is 13.9. The third kappa shape index (κ3) is 6.61. The molecule has 0 bridgehead atoms. The van der Waals surface area contributed by atoms with Crippen LogP contribution in [0.25, 0.3) is 0 Å². The summed E-state index contributed by atoms with van der Waals surface area (Å²) in [6.07, 6.45) is -0.555. The van der Waals surface area contributed by atoms with Crippen molar-refractivity contribution in [1.29, 1.82) is 0 Å². The van der Waals surface area contributed by atoms with E-state index in [2.05, 4.69) is 5.32 Å². The van der Waals surface area contributed by atoms with Gasteiger partial charge in [-0.25, -0.2) is 4.79 Å². The van der Waals surface area contributed by atoms with Gasteiger partial charge in [0.15, 0.2) is 0 Å². The van der Waals surface area contributed by atoms with E-state index in [1.807, 2.05) is 51.1 Å². The summed E-state index contributed by atoms with van der Waals surface area (Å²) in [6.45, 7) is 9.21. The fourth-order valence-electron chi connectivity index (χ4n) is 1.56. The minimum Gasteiger partial charge on any atom is -0.460 e. The first kappa shape index (κ1) is 18.0. The summed E-state index contributed by atoms with van der Waals surface area (Å²) in [5, 5.41) is 2.60. The van der Waals surface area contributed by atoms with E-state index in [9.17, 15) is 9.59 Å². The van der Waals surface area contributed by atoms with E-state index in [0.717, 1.165) is 5.56 Å². The monoisotopic (exact) mass is 307 g/mol. The minimum atomic E-state index is -0.820. The molecule has 1 rings (SSSR count). The number of benzene rings is 1. The van der Waals surface area contributed by atoms with Crippen molar-refractivity contribution in [2.45, 2.75) is 46.8 Å². The number of carbonyl (C=O) groups excluding carboxylic acids is 2. The molecule has 0 saturated carbocycles. The van der Waals surface area contributed by atoms with Crippen molar-refractivity contribution in [2.24, 2.45) is 5.41 Å². The summed E-state index contributed by atoms with van der Waals surface area (Å²) in [4.78, 5) is 23.7. The zero-order valence-corrected chi connectivity index (χ0v) is 13.9. The highest BCUT2D eigenvalue weighted by atomic mass is 16.6. The molecule has 1 aromatic carbocycles. The molecule has 0 heterocycles. The Bertz CT molecular complexity index is 503. The van der Waals surface area contributed by atoms with Crippen molar-refractivity contribution in [3.8, 4) is 0 Å². The second-order valence-corrected chi connectivity index (χ2v) is 6.80. The Balaban J connectivity index is 2.40. The average molecular weight is 307 g/mol. The van der Waals surface area contributed by atoms with Crippen molar-refractivity contribution in [3.05, 3.63) is 35.9 Å². The molecule has 0 atom stereocenters. The number of hydrogen-bond acceptors (Lipinski definition) is 4. The number of carbonyl (C=O) groups is 2. The van der Waals surface area contributed by atoms with Crippen molar-refractivity contribution >= 4 is 12.1 Å². The first-order valence-corrected chi connectivity index (χ1v) is 7.28. The van der Waals surface area contributed by atoms with E-state index < -0.39 is 17.1 Å². The van der Waals surface area contributed by atoms with Crippen LogP contribution in [-0.4, -0.2) is 24.2 Å². The predicted molar refractivity (Wildman–Crippen MR) is 84.3 cm³/mol. The fourth-order valence-corrected chi connectivity index (χ4v) is 1.56. The van der Waals surface area contributed by atoms with Crippen LogP contribution in [0.4, 0.5) is 4.79 Å². The molecular weight excluding hydrogens is 282 g/mol. The van der Waals surface area contributed by atoms with Gasteiger partial charge in [-0.3, -0.25) is 4.79 Å². The van der Waals surface area contributed by atoms with E-state index in [-0.39, 0.29) is 19.1 Å². The normalized spacial score (nSPS) is 11.7. The molecule has 0 aliphatic rings. The smallest absolute Gasteiger partial charge is 0.407 e. The van der Waals surface area contributed by atoms with Crippen LogP contribution in [-0.2, 0) is 20.9 Å². The highest BCUT2D eigenvalue weighted by Crippen LogP contribution is 2.20. The van der Waals surface area contributed by atoms with Gasteiger partial charge < -0.3 is 14.8 Å². The number of rotatable bonds is 5. The fraction of sp³-hybridized carbons (Fsp3) is 0.529. The summed E-state index contributed by atoms with van der Waals surface area (Å²) >= 11 is 0. The Morgan fingerprint density at radius 1 is 1.05 bits per heavy atom. The van der Waals surface area contributed by atoms with Crippen molar-refractivity contribution in [3.63, 3.8) is 0 Å². The SMILES string of the molecule is CC(C)(C)OC(=O)C(C)(C)CNC(=O)OCc1ccccc1. The molecular formula is C17H25NO4. The lowest BCUT2D eigenvalue weighted by molar-refractivity contribution is -0.165. The molecule has 0 radical (unpaired) electrons. The number of nitrogens with one attached hydrogen (secondary N) is 1. The van der Waals surface area contributed by atoms with E-state index in [1.165, 1.54) is 0 Å². The zero-order chi connectivity index (χ0) is 16.8. The molecule has 0 saturated heterocycles. The summed E-state index contributed by atoms with van der Waals surface area (Å²) < 4.78 is 10.4. The molecule has 122 valence electrons. The van der Waals surface area contributed by atoms with Crippen molar-refractivity contribution in [1.82, 2.24) is 5.32 Å². The van der Waals surface area contributed by atoms with E-state index >= 15 is 0 Å². The third-order valence-corrected chi connectivity index (χ3v) is 2.84. The van der Waals surface area contributed by atoms with Crippen LogP contribution in [0.5, 0.6) is 0 Å². The third-order valence-electron chi connectivity index (χ3n) is 2.84. The minimum absolute atomic E-state index is 0.148. The van der Waals surface area contributed by atoms with Gasteiger partial charge in [0.05, 0.1) is 5.41 Å². The van der Waals surface area contributed by atoms with Gasteiger partial charge in [0.2, 0.25) is 0 Å². The molecule has 0 aromatic heterocycles. The molecule has 22 heavy (non-hydrogen) atoms. The van der Waals surface area contributed by atoms with Gasteiger partial charge in [-0.1, -0.05) is 30.3 Å². The molecule has 0 fully saturated rings. The first-order chi connectivity index (χ1) is 10.1. The lowest BCUT2D eigenvalue weighted by Crippen LogP contribution is -2.42. The first-order valence-electron chi connectivity index (χ1n) is 7.28. The summed E-state index contributed by atoms with van der Waals surface area (Å²) in [5.74, 6) is -0.358. The highest BCUT2D eigenvalue weighted by molar-refractivity contribution is 5.77. The maximum Gasteiger partial charge on any atom is 0.407 e. The van der Waals surface area contributed by atoms with Crippen LogP contribution in [0, 0.1) is 5.41 Å². The molecule has 0 unspecified atom stereocenters. The van der Waals surface area contributed by atoms with Crippen molar-refractivity contribution < 1.29 is 19.1 Å². The maximum absolute atomic E-state index is 12.1. The summed E-state index contributed by atoms with van der Waals surface area (Å²) in [5.41, 5.74) is -0.467. The molecule has 0 aliphatic carbocycles. The van der Waals surface area contributed by atoms with E-state index in [4.69, 9.17) is 9.47 Å². The average Bonchev–Trinajstić information content (AvgIpc) is 2.42. The Labute approximate surface area is 132 Å². The lowest BCUT2D eigenvalue weighted by atomic mass is 9.93. The van der Waals surface area contributed by atoms with E-state index in [0.29, 0.717) is 0 Å². The summed E-state index contributed by atoms with van der Waals surface area (Å²) in [6, 6.07) is 9.40. The van der Waals surface area contributed by atoms with Crippen LogP contribution in [0.2, 0.25) is 0 Å². The molecule has 5 nitrogen and oxygen atoms in total. The standard InChI is InChI=1S/C17H25NO4/c1-16(2,3)22-14(19)17(4,5)12-18-15(20)21-11-13-9-7-6-8-10-13/h6-10H,11-12H2,1-5H3,(H,18,20). The molecule has 1 aromatic rings. The number of esters is 1. The molecule has 5 heteroatoms. The summed E-state index contributed by atoms with van der Waals surface area (Å²) in [7, 11) is 0. The van der Waals surface area contributed by atoms with Crippen LogP contribution in [0.15, 0.2) is 30.3 Å². The Morgan fingerprint density at radius 2 is 1.64 bits per heavy atom. The predicted octanol–water partition coefficient (Wildman–Crippen LogP) is 3.28. The van der Waals surface area contributed by atoms with Gasteiger partial charge in [0.25, 0.3) is 0 Å². The van der Waals surface area contributed by atoms with Crippen LogP contribution in [0.1, 0.15) is 40.2 Å². The number of ether oxygens (including phenoxy) is 2. The second kappa shape index (κ2) is 7.29. The second-order valence-electron chi connectivity index (χ2n) is 6.80. The van der Waals surface area contributed by atoms with Gasteiger partial charge in [0, 0.05) is 6.54 Å². The van der Waals surface area contributed by atoms with E-state index in [1.54, 1.807) is 13.8 Å². The van der Waals surface area contributed by atoms with Crippen molar-refractivity contribution in [2.75, 3.05) is 6.54 Å². The van der Waals surface area contributed by atoms with Crippen LogP contribution < -0.4 is 5.32 Å². The number of amides is 1. The number of hydrogen-bond donors (Lipinski definition) is 1. The van der Waals surface area contributed by atoms with Gasteiger partial charge in [-0.2, -0.15) is 0 Å². The lowest BCUT2D eigenvalue weighted by Gasteiger charge is -2.28. The Kier molecular flexibility index (Phi) is 5.97. The van der Waals surface area contributed by atoms with Gasteiger partial charge in [0.1, 0.15) is 12.2 Å². The Hall–Kier alpha value is -2.04. The van der Waals surface area contributed by atoms with Gasteiger partial charge >= 0.3 is 12.1 Å². The molecule has 1 amide bonds. The molecule has 0 aliphatic heterocycles. The Morgan fingerprint density at radius 3 is 2.18 bits per heavy atom. The quantitative estimate of drug-likeness (QED) is 0.848. The molecule has 1 N–H and O–H groups in total. The molecule has 0 spiro atoms.